The molecule has 1 unspecified atom stereocenters. The molecule has 0 aliphatic carbocycles. The summed E-state index contributed by atoms with van der Waals surface area (Å²) in [5.74, 6) is 10.1. The summed E-state index contributed by atoms with van der Waals surface area (Å²) in [6.45, 7) is 9.09. The fourth-order valence-electron chi connectivity index (χ4n) is 6.08. The monoisotopic (exact) mass is 778 g/mol. The summed E-state index contributed by atoms with van der Waals surface area (Å²) in [5, 5.41) is 24.4. The van der Waals surface area contributed by atoms with Gasteiger partial charge in [-0.25, -0.2) is 4.68 Å². The number of hydrogen-bond acceptors (Lipinski definition) is 12. The summed E-state index contributed by atoms with van der Waals surface area (Å²) >= 11 is 1.45. The molecule has 2 aromatic rings. The molecule has 2 fully saturated rings. The summed E-state index contributed by atoms with van der Waals surface area (Å²) in [6.07, 6.45) is 2.09. The van der Waals surface area contributed by atoms with E-state index >= 15 is 0 Å². The van der Waals surface area contributed by atoms with E-state index in [9.17, 15) is 19.2 Å². The molecular formula is C38H54N10O6S. The van der Waals surface area contributed by atoms with Gasteiger partial charge in [-0.2, -0.15) is 0 Å². The number of amides is 4. The van der Waals surface area contributed by atoms with Gasteiger partial charge in [0.05, 0.1) is 36.9 Å². The van der Waals surface area contributed by atoms with E-state index in [1.807, 2.05) is 30.3 Å². The molecule has 2 saturated heterocycles. The van der Waals surface area contributed by atoms with Crippen molar-refractivity contribution in [3.8, 4) is 23.7 Å². The van der Waals surface area contributed by atoms with Crippen molar-refractivity contribution in [2.75, 3.05) is 46.9 Å². The fourth-order valence-corrected chi connectivity index (χ4v) is 6.88. The van der Waals surface area contributed by atoms with Crippen LogP contribution in [0.15, 0.2) is 40.4 Å². The molecule has 0 saturated carbocycles. The smallest absolute Gasteiger partial charge is 0.248 e. The zero-order valence-electron chi connectivity index (χ0n) is 32.5. The Bertz CT molecular complexity index is 1700. The Labute approximate surface area is 327 Å². The van der Waals surface area contributed by atoms with Crippen molar-refractivity contribution < 1.29 is 28.7 Å². The molecule has 7 atom stereocenters. The lowest BCUT2D eigenvalue weighted by atomic mass is 10.1. The van der Waals surface area contributed by atoms with Crippen LogP contribution in [0.1, 0.15) is 53.4 Å². The van der Waals surface area contributed by atoms with Crippen molar-refractivity contribution in [2.45, 2.75) is 112 Å². The minimum absolute atomic E-state index is 0.00527. The normalized spacial score (nSPS) is 18.5. The Morgan fingerprint density at radius 1 is 0.818 bits per heavy atom. The highest BCUT2D eigenvalue weighted by atomic mass is 32.2. The Kier molecular flexibility index (Phi) is 17.4. The van der Waals surface area contributed by atoms with Crippen LogP contribution in [0.4, 0.5) is 0 Å². The second-order valence-corrected chi connectivity index (χ2v) is 14.6. The van der Waals surface area contributed by atoms with Gasteiger partial charge in [-0.1, -0.05) is 30.0 Å². The number of carbonyl (C=O) groups is 4. The van der Waals surface area contributed by atoms with E-state index in [4.69, 9.17) is 9.47 Å². The van der Waals surface area contributed by atoms with Crippen molar-refractivity contribution in [1.82, 2.24) is 51.3 Å². The largest absolute Gasteiger partial charge is 0.363 e. The zero-order valence-corrected chi connectivity index (χ0v) is 33.4. The standard InChI is InChI=1S/C38H54N10O6S/c1-26(39-5)34(49)41-32(36(51)46-20-12-13-21-46)28(3)53-23-14-7-8-15-24-54-29(4)33(42-35(50)27(2)40-6)37(52)47-22-16-17-30(47)25-48-38(43-44-45-48)55-31-18-10-9-11-19-31/h9-11,18-19,26-30,32-33,39-40H,12-13,16-17,20-25H2,1-6H3,(H,41,49)(H,42,50)/t26-,27-,28+,29+,30?,32-,33-/m0/s1. The summed E-state index contributed by atoms with van der Waals surface area (Å²) in [7, 11) is 3.35. The number of rotatable bonds is 18. The first kappa shape index (κ1) is 43.2. The number of likely N-dealkylation sites (N-methyl/N-ethyl adjacent to an activating group) is 2. The van der Waals surface area contributed by atoms with Crippen molar-refractivity contribution in [3.63, 3.8) is 0 Å². The number of aromatic nitrogens is 4. The second kappa shape index (κ2) is 22.1. The van der Waals surface area contributed by atoms with E-state index < -0.39 is 36.4 Å². The molecule has 0 spiro atoms. The molecule has 4 amide bonds. The van der Waals surface area contributed by atoms with Crippen LogP contribution in [0.2, 0.25) is 0 Å². The van der Waals surface area contributed by atoms with Gasteiger partial charge in [0.2, 0.25) is 28.8 Å². The SMILES string of the molecule is CN[C@@H](C)C(=O)N[C@H](C(=O)N1CCCC1)[C@@H](C)OCC#CC#CCO[C@H](C)[C@H](NC(=O)[C@H](C)NC)C(=O)N1CCCC1Cn1nnnc1Sc1ccccc1. The molecule has 2 aliphatic rings. The van der Waals surface area contributed by atoms with Gasteiger partial charge in [0.15, 0.2) is 0 Å². The molecule has 1 aromatic carbocycles. The Balaban J connectivity index is 1.34. The average molecular weight is 779 g/mol. The second-order valence-electron chi connectivity index (χ2n) is 13.5. The van der Waals surface area contributed by atoms with Crippen molar-refractivity contribution in [2.24, 2.45) is 0 Å². The van der Waals surface area contributed by atoms with E-state index in [2.05, 4.69) is 60.5 Å². The molecule has 0 bridgehead atoms. The van der Waals surface area contributed by atoms with Gasteiger partial charge in [0.25, 0.3) is 0 Å². The van der Waals surface area contributed by atoms with Gasteiger partial charge in [0.1, 0.15) is 25.3 Å². The maximum absolute atomic E-state index is 14.1. The van der Waals surface area contributed by atoms with Gasteiger partial charge in [-0.3, -0.25) is 19.2 Å². The fraction of sp³-hybridized carbons (Fsp3) is 0.605. The molecule has 17 heteroatoms. The van der Waals surface area contributed by atoms with E-state index in [1.54, 1.807) is 56.3 Å². The number of ether oxygens (including phenoxy) is 2. The lowest BCUT2D eigenvalue weighted by Crippen LogP contribution is -2.58. The van der Waals surface area contributed by atoms with Gasteiger partial charge in [-0.15, -0.1) is 5.10 Å². The number of nitrogens with zero attached hydrogens (tertiary/aromatic N) is 6. The van der Waals surface area contributed by atoms with Crippen molar-refractivity contribution >= 4 is 35.4 Å². The molecular weight excluding hydrogens is 725 g/mol. The first-order valence-electron chi connectivity index (χ1n) is 18.8. The number of carbonyl (C=O) groups excluding carboxylic acids is 4. The van der Waals surface area contributed by atoms with Crippen molar-refractivity contribution in [1.29, 1.82) is 0 Å². The topological polar surface area (TPSA) is 185 Å². The average Bonchev–Trinajstić information content (AvgIpc) is 4.00. The van der Waals surface area contributed by atoms with Gasteiger partial charge in [0, 0.05) is 24.5 Å². The Hall–Kier alpha value is -4.52. The Morgan fingerprint density at radius 2 is 1.38 bits per heavy atom. The van der Waals surface area contributed by atoms with Crippen LogP contribution in [-0.2, 0) is 35.2 Å². The number of likely N-dealkylation sites (tertiary alicyclic amines) is 2. The molecule has 4 rings (SSSR count). The number of tetrazole rings is 1. The third-order valence-corrected chi connectivity index (χ3v) is 10.7. The van der Waals surface area contributed by atoms with Crippen LogP contribution in [-0.4, -0.2) is 143 Å². The number of nitrogens with one attached hydrogen (secondary N) is 4. The summed E-state index contributed by atoms with van der Waals surface area (Å²) in [5.41, 5.74) is 0. The summed E-state index contributed by atoms with van der Waals surface area (Å²) in [4.78, 5) is 57.4. The predicted octanol–water partition coefficient (Wildman–Crippen LogP) is 0.440. The highest BCUT2D eigenvalue weighted by Gasteiger charge is 2.38. The minimum Gasteiger partial charge on any atom is -0.363 e. The van der Waals surface area contributed by atoms with Crippen molar-refractivity contribution in [3.05, 3.63) is 30.3 Å². The molecule has 0 radical (unpaired) electrons. The van der Waals surface area contributed by atoms with Gasteiger partial charge >= 0.3 is 0 Å². The van der Waals surface area contributed by atoms with E-state index in [-0.39, 0.29) is 42.9 Å². The summed E-state index contributed by atoms with van der Waals surface area (Å²) in [6, 6.07) is 6.81. The molecule has 298 valence electrons. The highest BCUT2D eigenvalue weighted by molar-refractivity contribution is 7.99. The molecule has 55 heavy (non-hydrogen) atoms. The first-order chi connectivity index (χ1) is 26.5. The van der Waals surface area contributed by atoms with Crippen LogP contribution >= 0.6 is 11.8 Å². The number of hydrogen-bond donors (Lipinski definition) is 4. The molecule has 3 heterocycles. The quantitative estimate of drug-likeness (QED) is 0.154. The zero-order chi connectivity index (χ0) is 39.7. The van der Waals surface area contributed by atoms with Crippen LogP contribution in [0, 0.1) is 23.7 Å². The van der Waals surface area contributed by atoms with Crippen LogP contribution < -0.4 is 21.3 Å². The molecule has 16 nitrogen and oxygen atoms in total. The molecule has 4 N–H and O–H groups in total. The minimum atomic E-state index is -0.966. The van der Waals surface area contributed by atoms with E-state index in [0.29, 0.717) is 31.3 Å². The van der Waals surface area contributed by atoms with Gasteiger partial charge < -0.3 is 40.5 Å². The van der Waals surface area contributed by atoms with Gasteiger partial charge in [-0.05, 0) is 114 Å². The highest BCUT2D eigenvalue weighted by Crippen LogP contribution is 2.27. The van der Waals surface area contributed by atoms with E-state index in [0.717, 1.165) is 30.6 Å². The first-order valence-corrected chi connectivity index (χ1v) is 19.6. The van der Waals surface area contributed by atoms with Crippen LogP contribution in [0.5, 0.6) is 0 Å². The third kappa shape index (κ3) is 12.8. The third-order valence-electron chi connectivity index (χ3n) is 9.71. The van der Waals surface area contributed by atoms with E-state index in [1.165, 1.54) is 11.8 Å². The lowest BCUT2D eigenvalue weighted by molar-refractivity contribution is -0.141. The number of benzene rings is 1. The maximum atomic E-state index is 14.1. The summed E-state index contributed by atoms with van der Waals surface area (Å²) < 4.78 is 13.5. The maximum Gasteiger partial charge on any atom is 0.248 e. The molecule has 2 aliphatic heterocycles. The molecule has 1 aromatic heterocycles. The van der Waals surface area contributed by atoms with Crippen LogP contribution in [0.25, 0.3) is 0 Å². The predicted molar refractivity (Wildman–Crippen MR) is 206 cm³/mol. The Morgan fingerprint density at radius 3 is 1.95 bits per heavy atom. The lowest BCUT2D eigenvalue weighted by Gasteiger charge is -2.32. The van der Waals surface area contributed by atoms with Crippen LogP contribution in [0.3, 0.4) is 0 Å².